The Morgan fingerprint density at radius 1 is 1.29 bits per heavy atom. The third kappa shape index (κ3) is 6.07. The third-order valence-corrected chi connectivity index (χ3v) is 4.28. The van der Waals surface area contributed by atoms with E-state index in [1.54, 1.807) is 4.90 Å². The molecule has 0 saturated carbocycles. The van der Waals surface area contributed by atoms with Crippen LogP contribution in [0.3, 0.4) is 0 Å². The van der Waals surface area contributed by atoms with Gasteiger partial charge in [-0.15, -0.1) is 0 Å². The Morgan fingerprint density at radius 3 is 2.50 bits per heavy atom. The number of piperidine rings is 1. The van der Waals surface area contributed by atoms with Crippen LogP contribution in [0.1, 0.15) is 25.3 Å². The monoisotopic (exact) mass is 340 g/mol. The highest BCUT2D eigenvalue weighted by atomic mass is 19.3. The zero-order chi connectivity index (χ0) is 17.5. The molecule has 0 aliphatic carbocycles. The van der Waals surface area contributed by atoms with E-state index in [2.05, 4.69) is 5.32 Å². The highest BCUT2D eigenvalue weighted by Gasteiger charge is 2.26. The predicted molar refractivity (Wildman–Crippen MR) is 89.4 cm³/mol. The van der Waals surface area contributed by atoms with Crippen molar-refractivity contribution in [1.82, 2.24) is 10.2 Å². The summed E-state index contributed by atoms with van der Waals surface area (Å²) in [6.45, 7) is 5.26. The summed E-state index contributed by atoms with van der Waals surface area (Å²) in [5, 5.41) is 2.91. The molecule has 1 aliphatic heterocycles. The predicted octanol–water partition coefficient (Wildman–Crippen LogP) is 2.86. The maximum Gasteiger partial charge on any atom is 0.251 e. The molecule has 0 aromatic heterocycles. The lowest BCUT2D eigenvalue weighted by Gasteiger charge is -2.31. The molecule has 1 saturated heterocycles. The van der Waals surface area contributed by atoms with Crippen molar-refractivity contribution in [2.75, 3.05) is 26.2 Å². The molecule has 0 spiro atoms. The third-order valence-electron chi connectivity index (χ3n) is 4.28. The molecule has 1 aliphatic rings. The smallest absolute Gasteiger partial charge is 0.251 e. The van der Waals surface area contributed by atoms with Gasteiger partial charge in [0.05, 0.1) is 13.1 Å². The number of hydrogen-bond acceptors (Lipinski definition) is 3. The minimum Gasteiger partial charge on any atom is -0.489 e. The Hall–Kier alpha value is -1.69. The first-order valence-corrected chi connectivity index (χ1v) is 8.45. The minimum atomic E-state index is -2.31. The van der Waals surface area contributed by atoms with Crippen molar-refractivity contribution in [3.8, 4) is 5.75 Å². The van der Waals surface area contributed by atoms with Crippen molar-refractivity contribution in [3.63, 3.8) is 0 Å². The van der Waals surface area contributed by atoms with Crippen LogP contribution >= 0.6 is 0 Å². The van der Waals surface area contributed by atoms with Crippen LogP contribution in [0.4, 0.5) is 8.78 Å². The normalized spacial score (nSPS) is 17.7. The molecule has 4 nitrogen and oxygen atoms in total. The molecule has 1 aromatic carbocycles. The fourth-order valence-corrected chi connectivity index (χ4v) is 2.85. The fraction of sp³-hybridized carbons (Fsp3) is 0.611. The van der Waals surface area contributed by atoms with E-state index in [1.165, 1.54) is 5.56 Å². The van der Waals surface area contributed by atoms with Gasteiger partial charge in [0.15, 0.2) is 0 Å². The SMILES string of the molecule is Cc1ccc(O[C@@H](C)CNC(=O)C2CCN(CC(F)F)CC2)cc1. The number of rotatable bonds is 7. The lowest BCUT2D eigenvalue weighted by atomic mass is 9.96. The van der Waals surface area contributed by atoms with Crippen LogP contribution in [0.25, 0.3) is 0 Å². The van der Waals surface area contributed by atoms with Gasteiger partial charge in [0.2, 0.25) is 5.91 Å². The van der Waals surface area contributed by atoms with E-state index in [1.807, 2.05) is 38.1 Å². The van der Waals surface area contributed by atoms with Crippen molar-refractivity contribution in [2.24, 2.45) is 5.92 Å². The van der Waals surface area contributed by atoms with Crippen LogP contribution in [0.2, 0.25) is 0 Å². The number of nitrogens with one attached hydrogen (secondary N) is 1. The van der Waals surface area contributed by atoms with E-state index in [9.17, 15) is 13.6 Å². The summed E-state index contributed by atoms with van der Waals surface area (Å²) in [7, 11) is 0. The van der Waals surface area contributed by atoms with E-state index in [0.29, 0.717) is 32.5 Å². The van der Waals surface area contributed by atoms with Gasteiger partial charge in [0, 0.05) is 5.92 Å². The second-order valence-electron chi connectivity index (χ2n) is 6.45. The van der Waals surface area contributed by atoms with E-state index in [-0.39, 0.29) is 24.5 Å². The number of benzene rings is 1. The van der Waals surface area contributed by atoms with Crippen molar-refractivity contribution < 1.29 is 18.3 Å². The number of amides is 1. The first kappa shape index (κ1) is 18.6. The topological polar surface area (TPSA) is 41.6 Å². The van der Waals surface area contributed by atoms with Crippen molar-refractivity contribution in [2.45, 2.75) is 39.2 Å². The van der Waals surface area contributed by atoms with E-state index in [0.717, 1.165) is 5.75 Å². The quantitative estimate of drug-likeness (QED) is 0.830. The highest BCUT2D eigenvalue weighted by molar-refractivity contribution is 5.78. The van der Waals surface area contributed by atoms with Gasteiger partial charge < -0.3 is 10.1 Å². The first-order chi connectivity index (χ1) is 11.4. The molecule has 1 atom stereocenters. The number of aryl methyl sites for hydroxylation is 1. The van der Waals surface area contributed by atoms with Crippen molar-refractivity contribution in [1.29, 1.82) is 0 Å². The Bertz CT molecular complexity index is 514. The Balaban J connectivity index is 1.68. The van der Waals surface area contributed by atoms with Crippen LogP contribution in [-0.2, 0) is 4.79 Å². The van der Waals surface area contributed by atoms with Gasteiger partial charge in [-0.05, 0) is 51.9 Å². The van der Waals surface area contributed by atoms with E-state index in [4.69, 9.17) is 4.74 Å². The molecular formula is C18H26F2N2O2. The molecule has 1 N–H and O–H groups in total. The van der Waals surface area contributed by atoms with Crippen LogP contribution < -0.4 is 10.1 Å². The van der Waals surface area contributed by atoms with E-state index >= 15 is 0 Å². The Kier molecular flexibility index (Phi) is 6.97. The van der Waals surface area contributed by atoms with Gasteiger partial charge in [-0.1, -0.05) is 17.7 Å². The second kappa shape index (κ2) is 8.97. The summed E-state index contributed by atoms with van der Waals surface area (Å²) in [5.41, 5.74) is 1.17. The Labute approximate surface area is 142 Å². The van der Waals surface area contributed by atoms with Gasteiger partial charge in [0.1, 0.15) is 11.9 Å². The summed E-state index contributed by atoms with van der Waals surface area (Å²) < 4.78 is 30.5. The van der Waals surface area contributed by atoms with Crippen LogP contribution in [0, 0.1) is 12.8 Å². The molecular weight excluding hydrogens is 314 g/mol. The first-order valence-electron chi connectivity index (χ1n) is 8.45. The number of alkyl halides is 2. The van der Waals surface area contributed by atoms with Gasteiger partial charge in [0.25, 0.3) is 6.43 Å². The van der Waals surface area contributed by atoms with Crippen molar-refractivity contribution >= 4 is 5.91 Å². The van der Waals surface area contributed by atoms with E-state index < -0.39 is 6.43 Å². The van der Waals surface area contributed by atoms with Crippen LogP contribution in [0.5, 0.6) is 5.75 Å². The van der Waals surface area contributed by atoms with Gasteiger partial charge in [-0.25, -0.2) is 8.78 Å². The number of likely N-dealkylation sites (tertiary alicyclic amines) is 1. The highest BCUT2D eigenvalue weighted by Crippen LogP contribution is 2.18. The summed E-state index contributed by atoms with van der Waals surface area (Å²) in [6, 6.07) is 7.78. The molecule has 1 fully saturated rings. The largest absolute Gasteiger partial charge is 0.489 e. The number of carbonyl (C=O) groups excluding carboxylic acids is 1. The lowest BCUT2D eigenvalue weighted by molar-refractivity contribution is -0.126. The molecule has 1 heterocycles. The molecule has 2 rings (SSSR count). The molecule has 0 bridgehead atoms. The zero-order valence-corrected chi connectivity index (χ0v) is 14.3. The summed E-state index contributed by atoms with van der Waals surface area (Å²) in [6.07, 6.45) is -1.18. The maximum atomic E-state index is 12.4. The molecule has 6 heteroatoms. The molecule has 0 radical (unpaired) electrons. The van der Waals surface area contributed by atoms with Gasteiger partial charge >= 0.3 is 0 Å². The number of carbonyl (C=O) groups is 1. The summed E-state index contributed by atoms with van der Waals surface area (Å²) in [4.78, 5) is 13.9. The number of ether oxygens (including phenoxy) is 1. The number of halogens is 2. The van der Waals surface area contributed by atoms with Crippen molar-refractivity contribution in [3.05, 3.63) is 29.8 Å². The molecule has 1 amide bonds. The fourth-order valence-electron chi connectivity index (χ4n) is 2.85. The van der Waals surface area contributed by atoms with Gasteiger partial charge in [-0.3, -0.25) is 9.69 Å². The zero-order valence-electron chi connectivity index (χ0n) is 14.3. The standard InChI is InChI=1S/C18H26F2N2O2/c1-13-3-5-16(6-4-13)24-14(2)11-21-18(23)15-7-9-22(10-8-15)12-17(19)20/h3-6,14-15,17H,7-12H2,1-2H3,(H,21,23)/t14-/m0/s1. The molecule has 24 heavy (non-hydrogen) atoms. The van der Waals surface area contributed by atoms with Crippen LogP contribution in [0.15, 0.2) is 24.3 Å². The number of hydrogen-bond donors (Lipinski definition) is 1. The molecule has 1 aromatic rings. The number of nitrogens with zero attached hydrogens (tertiary/aromatic N) is 1. The lowest BCUT2D eigenvalue weighted by Crippen LogP contribution is -2.43. The molecule has 0 unspecified atom stereocenters. The Morgan fingerprint density at radius 2 is 1.92 bits per heavy atom. The average Bonchev–Trinajstić information content (AvgIpc) is 2.55. The summed E-state index contributed by atoms with van der Waals surface area (Å²) >= 11 is 0. The van der Waals surface area contributed by atoms with Crippen LogP contribution in [-0.4, -0.2) is 49.5 Å². The van der Waals surface area contributed by atoms with Gasteiger partial charge in [-0.2, -0.15) is 0 Å². The molecule has 134 valence electrons. The average molecular weight is 340 g/mol. The minimum absolute atomic E-state index is 0.00828. The maximum absolute atomic E-state index is 12.4. The summed E-state index contributed by atoms with van der Waals surface area (Å²) in [5.74, 6) is 0.680. The second-order valence-corrected chi connectivity index (χ2v) is 6.45.